The normalized spacial score (nSPS) is 24.0. The summed E-state index contributed by atoms with van der Waals surface area (Å²) < 4.78 is 9.59. The van der Waals surface area contributed by atoms with Crippen LogP contribution in [0.5, 0.6) is 5.75 Å². The molecule has 8 unspecified atom stereocenters. The van der Waals surface area contributed by atoms with Crippen LogP contribution in [0.25, 0.3) is 51.9 Å². The molecule has 0 saturated carbocycles. The molecule has 1 heterocycles. The van der Waals surface area contributed by atoms with E-state index in [0.29, 0.717) is 23.7 Å². The first-order valence-electron chi connectivity index (χ1n) is 34.5. The van der Waals surface area contributed by atoms with Gasteiger partial charge in [-0.3, -0.25) is 0 Å². The van der Waals surface area contributed by atoms with Crippen LogP contribution in [0, 0.1) is 17.8 Å². The molecule has 6 aromatic carbocycles. The Balaban J connectivity index is 0.814. The Morgan fingerprint density at radius 3 is 2.09 bits per heavy atom. The van der Waals surface area contributed by atoms with E-state index in [0.717, 1.165) is 87.1 Å². The van der Waals surface area contributed by atoms with Crippen molar-refractivity contribution in [3.05, 3.63) is 305 Å². The molecule has 7 aliphatic rings. The van der Waals surface area contributed by atoms with Gasteiger partial charge in [-0.15, -0.1) is 6.58 Å². The van der Waals surface area contributed by atoms with Crippen molar-refractivity contribution in [2.75, 3.05) is 4.90 Å². The summed E-state index contributed by atoms with van der Waals surface area (Å²) in [4.78, 5) is 2.73. The maximum atomic E-state index is 6.92. The van der Waals surface area contributed by atoms with Crippen molar-refractivity contribution in [1.82, 2.24) is 4.57 Å². The summed E-state index contributed by atoms with van der Waals surface area (Å²) in [6, 6.07) is 54.6. The lowest BCUT2D eigenvalue weighted by Gasteiger charge is -2.44. The lowest BCUT2D eigenvalue weighted by molar-refractivity contribution is 0.334. The number of hydrogen-bond acceptors (Lipinski definition) is 2. The van der Waals surface area contributed by atoms with E-state index >= 15 is 0 Å². The number of aromatic nitrogens is 1. The molecule has 7 aliphatic carbocycles. The number of benzene rings is 6. The number of anilines is 1. The van der Waals surface area contributed by atoms with E-state index in [1.165, 1.54) is 72.7 Å². The molecule has 3 nitrogen and oxygen atoms in total. The molecular formula is C88H92N2OSi. The second-order valence-corrected chi connectivity index (χ2v) is 33.2. The minimum absolute atomic E-state index is 0.0997. The number of nitrogens with zero attached hydrogens (tertiary/aromatic N) is 2. The maximum Gasteiger partial charge on any atom is 0.245 e. The average Bonchev–Trinajstić information content (AvgIpc) is 1.56. The van der Waals surface area contributed by atoms with E-state index in [9.17, 15) is 0 Å². The largest absolute Gasteiger partial charge is 0.544 e. The standard InChI is InChI=1S/C88H92N2OSi/c1-9-61-22-28-64(29-23-61)66-36-48-76(49-37-66)90-85-54-40-70(68-30-24-62(10-2)25-31-68)58-81(85)82-59-71(41-55-86(82)90)69-38-46-75(47-39-69)89(74-44-34-67(35-45-74)65-32-42-72(43-33-65)87(4,5)6)77-50-53-80-79-20-15-16-21-83(79)88(84(80)60-77,73-18-13-12-14-19-73)56-17-57-92(7,8)91-78-51-26-63(11-3)27-52-78/h9-16,18,20-23,26-30,32-38,41-48,51-52,54-55,58-60,62,69-70,73,76-77,80H,1-3,17,19,24-25,31,39-40,49-50,53,56-57H2,4-8H3. The van der Waals surface area contributed by atoms with Gasteiger partial charge < -0.3 is 13.9 Å². The predicted molar refractivity (Wildman–Crippen MR) is 396 cm³/mol. The summed E-state index contributed by atoms with van der Waals surface area (Å²) >= 11 is 0. The molecule has 7 aromatic rings. The molecule has 0 aliphatic heterocycles. The molecule has 0 bridgehead atoms. The second kappa shape index (κ2) is 25.6. The topological polar surface area (TPSA) is 17.4 Å². The fourth-order valence-electron chi connectivity index (χ4n) is 16.8. The van der Waals surface area contributed by atoms with Crippen LogP contribution in [0.1, 0.15) is 148 Å². The number of rotatable bonds is 18. The van der Waals surface area contributed by atoms with Gasteiger partial charge in [-0.1, -0.05) is 252 Å². The Kier molecular flexibility index (Phi) is 17.0. The zero-order chi connectivity index (χ0) is 63.1. The summed E-state index contributed by atoms with van der Waals surface area (Å²) in [5.74, 6) is 2.97. The molecule has 8 atom stereocenters. The van der Waals surface area contributed by atoms with Gasteiger partial charge in [0.15, 0.2) is 0 Å². The minimum Gasteiger partial charge on any atom is -0.544 e. The van der Waals surface area contributed by atoms with Crippen molar-refractivity contribution in [1.29, 1.82) is 0 Å². The van der Waals surface area contributed by atoms with E-state index in [4.69, 9.17) is 4.43 Å². The molecule has 1 aromatic heterocycles. The number of allylic oxidation sites excluding steroid dienone is 15. The van der Waals surface area contributed by atoms with Gasteiger partial charge in [-0.2, -0.15) is 0 Å². The third kappa shape index (κ3) is 11.9. The third-order valence-electron chi connectivity index (χ3n) is 21.9. The monoisotopic (exact) mass is 1220 g/mol. The Morgan fingerprint density at radius 2 is 1.41 bits per heavy atom. The second-order valence-electron chi connectivity index (χ2n) is 29.0. The van der Waals surface area contributed by atoms with Crippen molar-refractivity contribution in [2.45, 2.75) is 145 Å². The highest BCUT2D eigenvalue weighted by Gasteiger charge is 2.53. The van der Waals surface area contributed by atoms with Crippen LogP contribution in [0.3, 0.4) is 0 Å². The Bertz CT molecular complexity index is 4350. The van der Waals surface area contributed by atoms with E-state index in [1.54, 1.807) is 22.3 Å². The summed E-state index contributed by atoms with van der Waals surface area (Å²) in [6.45, 7) is 23.8. The van der Waals surface area contributed by atoms with Crippen LogP contribution in [-0.4, -0.2) is 18.9 Å². The van der Waals surface area contributed by atoms with E-state index < -0.39 is 8.32 Å². The minimum atomic E-state index is -2.10. The van der Waals surface area contributed by atoms with E-state index in [1.807, 2.05) is 12.2 Å². The lowest BCUT2D eigenvalue weighted by Crippen LogP contribution is -2.41. The van der Waals surface area contributed by atoms with Crippen molar-refractivity contribution >= 4 is 54.8 Å². The van der Waals surface area contributed by atoms with Gasteiger partial charge >= 0.3 is 0 Å². The molecule has 0 amide bonds. The van der Waals surface area contributed by atoms with E-state index in [2.05, 4.69) is 294 Å². The van der Waals surface area contributed by atoms with Crippen LogP contribution < -0.4 is 19.9 Å². The first kappa shape index (κ1) is 61.1. The van der Waals surface area contributed by atoms with Crippen LogP contribution in [0.4, 0.5) is 5.69 Å². The smallest absolute Gasteiger partial charge is 0.245 e. The Morgan fingerprint density at radius 1 is 0.674 bits per heavy atom. The zero-order valence-electron chi connectivity index (χ0n) is 55.0. The highest BCUT2D eigenvalue weighted by Crippen LogP contribution is 2.61. The summed E-state index contributed by atoms with van der Waals surface area (Å²) in [5, 5.41) is 4.16. The summed E-state index contributed by atoms with van der Waals surface area (Å²) in [6.07, 6.45) is 52.7. The van der Waals surface area contributed by atoms with Gasteiger partial charge in [0, 0.05) is 56.0 Å². The third-order valence-corrected chi connectivity index (χ3v) is 24.2. The SMILES string of the molecule is C=Cc1ccc(O[Si](C)(C)CCCC2(C3C=CC=CC3)C3=CC(N(C4=CCC(c5ccc6c(c5)c5c(n6C6C=CC(c7ccc(C=C)cc7)=CC6)=CCC(C6=CCC(C=C)CC6)C=5)C=C4)c4ccc(-c5ccc(C(C)(C)C)cc5)cc4)CCC3c3ccccc32)cc1. The molecule has 0 fully saturated rings. The van der Waals surface area contributed by atoms with Gasteiger partial charge in [-0.05, 0) is 199 Å². The van der Waals surface area contributed by atoms with Crippen LogP contribution in [-0.2, 0) is 10.8 Å². The molecule has 0 spiro atoms. The molecule has 14 rings (SSSR count). The van der Waals surface area contributed by atoms with Gasteiger partial charge in [0.1, 0.15) is 5.75 Å². The molecule has 0 saturated heterocycles. The van der Waals surface area contributed by atoms with Crippen LogP contribution in [0.2, 0.25) is 19.1 Å². The number of hydrogen-bond donors (Lipinski definition) is 0. The Labute approximate surface area is 549 Å². The molecular weight excluding hydrogens is 1130 g/mol. The van der Waals surface area contributed by atoms with Crippen molar-refractivity contribution in [3.63, 3.8) is 0 Å². The quantitative estimate of drug-likeness (QED) is 0.0629. The lowest BCUT2D eigenvalue weighted by atomic mass is 9.62. The van der Waals surface area contributed by atoms with Gasteiger partial charge in [0.05, 0.1) is 12.1 Å². The molecule has 0 N–H and O–H groups in total. The first-order valence-corrected chi connectivity index (χ1v) is 37.6. The molecule has 4 heteroatoms. The van der Waals surface area contributed by atoms with Crippen molar-refractivity contribution in [2.24, 2.45) is 17.8 Å². The van der Waals surface area contributed by atoms with Gasteiger partial charge in [-0.25, -0.2) is 0 Å². The highest BCUT2D eigenvalue weighted by molar-refractivity contribution is 6.71. The van der Waals surface area contributed by atoms with Gasteiger partial charge in [0.2, 0.25) is 8.32 Å². The van der Waals surface area contributed by atoms with Gasteiger partial charge in [0.25, 0.3) is 0 Å². The van der Waals surface area contributed by atoms with Crippen LogP contribution in [0.15, 0.2) is 255 Å². The fraction of sp³-hybridized carbons (Fsp3) is 0.295. The molecule has 0 radical (unpaired) electrons. The average molecular weight is 1220 g/mol. The van der Waals surface area contributed by atoms with Crippen molar-refractivity contribution in [3.8, 4) is 16.9 Å². The zero-order valence-corrected chi connectivity index (χ0v) is 56.0. The highest BCUT2D eigenvalue weighted by atomic mass is 28.4. The maximum absolute atomic E-state index is 6.92. The van der Waals surface area contributed by atoms with E-state index in [-0.39, 0.29) is 28.8 Å². The van der Waals surface area contributed by atoms with Crippen LogP contribution >= 0.6 is 0 Å². The summed E-state index contributed by atoms with van der Waals surface area (Å²) in [5.41, 5.74) is 20.2. The molecule has 464 valence electrons. The predicted octanol–water partition coefficient (Wildman–Crippen LogP) is 21.7. The number of fused-ring (bicyclic) bond motifs is 6. The molecule has 92 heavy (non-hydrogen) atoms. The summed E-state index contributed by atoms with van der Waals surface area (Å²) in [7, 11) is -2.10. The first-order chi connectivity index (χ1) is 44.8. The van der Waals surface area contributed by atoms with Crippen molar-refractivity contribution < 1.29 is 4.43 Å². The fourth-order valence-corrected chi connectivity index (χ4v) is 18.7. The Hall–Kier alpha value is -8.44.